The van der Waals surface area contributed by atoms with Crippen molar-refractivity contribution < 1.29 is 9.53 Å². The highest BCUT2D eigenvalue weighted by Gasteiger charge is 2.71. The first-order valence-electron chi connectivity index (χ1n) is 6.05. The van der Waals surface area contributed by atoms with Gasteiger partial charge in [-0.15, -0.1) is 0 Å². The van der Waals surface area contributed by atoms with Gasteiger partial charge in [0.15, 0.2) is 5.15 Å². The van der Waals surface area contributed by atoms with Gasteiger partial charge in [-0.2, -0.15) is 5.10 Å². The van der Waals surface area contributed by atoms with Gasteiger partial charge >= 0.3 is 5.97 Å². The number of hydrogen-bond donors (Lipinski definition) is 0. The largest absolute Gasteiger partial charge is 0.465 e. The average Bonchev–Trinajstić information content (AvgIpc) is 2.57. The number of nitrogens with zero attached hydrogens (tertiary/aromatic N) is 2. The van der Waals surface area contributed by atoms with Crippen LogP contribution in [0.2, 0.25) is 5.15 Å². The minimum atomic E-state index is -0.310. The number of rotatable bonds is 4. The van der Waals surface area contributed by atoms with Gasteiger partial charge in [0.2, 0.25) is 0 Å². The van der Waals surface area contributed by atoms with Crippen LogP contribution >= 0.6 is 11.6 Å². The van der Waals surface area contributed by atoms with E-state index in [1.807, 2.05) is 17.8 Å². The third kappa shape index (κ3) is 1.43. The first kappa shape index (κ1) is 11.1. The number of ether oxygens (including phenoxy) is 1. The Balaban J connectivity index is 1.74. The zero-order valence-corrected chi connectivity index (χ0v) is 10.5. The molecule has 1 aromatic rings. The zero-order chi connectivity index (χ0) is 12.0. The molecule has 0 amide bonds. The quantitative estimate of drug-likeness (QED) is 0.776. The molecule has 17 heavy (non-hydrogen) atoms. The van der Waals surface area contributed by atoms with Crippen molar-refractivity contribution in [3.05, 3.63) is 17.4 Å². The molecule has 3 aliphatic carbocycles. The Morgan fingerprint density at radius 2 is 2.47 bits per heavy atom. The highest BCUT2D eigenvalue weighted by Crippen LogP contribution is 2.71. The van der Waals surface area contributed by atoms with Gasteiger partial charge in [0.25, 0.3) is 0 Å². The van der Waals surface area contributed by atoms with Crippen LogP contribution in [0.3, 0.4) is 0 Å². The molecular formula is C12H15ClN2O2. The van der Waals surface area contributed by atoms with Gasteiger partial charge in [0.05, 0.1) is 18.1 Å². The van der Waals surface area contributed by atoms with E-state index in [4.69, 9.17) is 16.3 Å². The lowest BCUT2D eigenvalue weighted by Crippen LogP contribution is -2.66. The van der Waals surface area contributed by atoms with Crippen LogP contribution in [0.5, 0.6) is 0 Å². The Hall–Kier alpha value is -1.03. The lowest BCUT2D eigenvalue weighted by molar-refractivity contribution is -0.217. The molecule has 0 saturated heterocycles. The van der Waals surface area contributed by atoms with Gasteiger partial charge < -0.3 is 4.74 Å². The molecule has 3 fully saturated rings. The summed E-state index contributed by atoms with van der Waals surface area (Å²) in [7, 11) is 0. The average molecular weight is 255 g/mol. The van der Waals surface area contributed by atoms with Gasteiger partial charge in [-0.3, -0.25) is 9.48 Å². The molecule has 0 N–H and O–H groups in total. The summed E-state index contributed by atoms with van der Waals surface area (Å²) in [6, 6.07) is 1.92. The van der Waals surface area contributed by atoms with Crippen molar-refractivity contribution in [2.75, 3.05) is 6.61 Å². The maximum absolute atomic E-state index is 12.0. The second-order valence-electron chi connectivity index (χ2n) is 5.02. The van der Waals surface area contributed by atoms with Crippen LogP contribution in [0.25, 0.3) is 0 Å². The molecular weight excluding hydrogens is 240 g/mol. The van der Waals surface area contributed by atoms with E-state index in [1.165, 1.54) is 0 Å². The Morgan fingerprint density at radius 1 is 1.71 bits per heavy atom. The van der Waals surface area contributed by atoms with E-state index >= 15 is 0 Å². The molecule has 0 spiro atoms. The second kappa shape index (κ2) is 3.73. The predicted octanol–water partition coefficient (Wildman–Crippen LogP) is 2.44. The molecule has 3 aliphatic rings. The van der Waals surface area contributed by atoms with Crippen LogP contribution in [0.1, 0.15) is 32.2 Å². The minimum absolute atomic E-state index is 0.0570. The highest BCUT2D eigenvalue weighted by molar-refractivity contribution is 6.29. The van der Waals surface area contributed by atoms with E-state index in [9.17, 15) is 4.79 Å². The van der Waals surface area contributed by atoms with E-state index in [2.05, 4.69) is 5.10 Å². The van der Waals surface area contributed by atoms with E-state index in [0.29, 0.717) is 17.7 Å². The molecule has 5 heteroatoms. The SMILES string of the molecule is CCCOC(=O)C12CC(C1)C2n1ccc(Cl)n1. The van der Waals surface area contributed by atoms with E-state index in [0.717, 1.165) is 19.3 Å². The Bertz CT molecular complexity index is 451. The van der Waals surface area contributed by atoms with Crippen molar-refractivity contribution in [3.8, 4) is 0 Å². The monoisotopic (exact) mass is 254 g/mol. The minimum Gasteiger partial charge on any atom is -0.465 e. The molecule has 1 heterocycles. The number of hydrogen-bond acceptors (Lipinski definition) is 3. The van der Waals surface area contributed by atoms with Crippen LogP contribution in [0.15, 0.2) is 12.3 Å². The third-order valence-corrected chi connectivity index (χ3v) is 4.17. The molecule has 4 nitrogen and oxygen atoms in total. The molecule has 0 aliphatic heterocycles. The van der Waals surface area contributed by atoms with E-state index in [1.54, 1.807) is 6.07 Å². The summed E-state index contributed by atoms with van der Waals surface area (Å²) < 4.78 is 7.11. The molecule has 1 atom stereocenters. The van der Waals surface area contributed by atoms with Gasteiger partial charge in [-0.1, -0.05) is 18.5 Å². The summed E-state index contributed by atoms with van der Waals surface area (Å²) in [5.41, 5.74) is -0.310. The van der Waals surface area contributed by atoms with Crippen LogP contribution in [0, 0.1) is 11.3 Å². The smallest absolute Gasteiger partial charge is 0.314 e. The van der Waals surface area contributed by atoms with Crippen molar-refractivity contribution >= 4 is 17.6 Å². The van der Waals surface area contributed by atoms with Gasteiger partial charge in [0.1, 0.15) is 0 Å². The molecule has 2 bridgehead atoms. The molecule has 0 aromatic carbocycles. The van der Waals surface area contributed by atoms with Crippen LogP contribution in [-0.4, -0.2) is 22.4 Å². The van der Waals surface area contributed by atoms with Crippen molar-refractivity contribution in [1.82, 2.24) is 9.78 Å². The van der Waals surface area contributed by atoms with Crippen molar-refractivity contribution in [3.63, 3.8) is 0 Å². The molecule has 3 saturated carbocycles. The number of halogens is 1. The molecule has 92 valence electrons. The summed E-state index contributed by atoms with van der Waals surface area (Å²) in [6.45, 7) is 2.51. The molecule has 1 unspecified atom stereocenters. The third-order valence-electron chi connectivity index (χ3n) is 3.97. The highest BCUT2D eigenvalue weighted by atomic mass is 35.5. The fourth-order valence-corrected chi connectivity index (χ4v) is 3.18. The standard InChI is InChI=1S/C12H15ClN2O2/c1-2-5-17-11(16)12-6-8(7-12)10(12)15-4-3-9(13)14-15/h3-4,8,10H,2,5-7H2,1H3. The van der Waals surface area contributed by atoms with Crippen LogP contribution in [-0.2, 0) is 9.53 Å². The number of esters is 1. The summed E-state index contributed by atoms with van der Waals surface area (Å²) in [5, 5.41) is 4.68. The Kier molecular flexibility index (Phi) is 2.43. The lowest BCUT2D eigenvalue weighted by Gasteiger charge is -2.65. The van der Waals surface area contributed by atoms with Gasteiger partial charge in [-0.05, 0) is 31.2 Å². The Morgan fingerprint density at radius 3 is 2.94 bits per heavy atom. The zero-order valence-electron chi connectivity index (χ0n) is 9.73. The van der Waals surface area contributed by atoms with Crippen LogP contribution in [0.4, 0.5) is 0 Å². The lowest BCUT2D eigenvalue weighted by atomic mass is 9.40. The van der Waals surface area contributed by atoms with Crippen molar-refractivity contribution in [2.45, 2.75) is 32.2 Å². The topological polar surface area (TPSA) is 44.1 Å². The summed E-state index contributed by atoms with van der Waals surface area (Å²) in [4.78, 5) is 12.0. The van der Waals surface area contributed by atoms with E-state index < -0.39 is 0 Å². The predicted molar refractivity (Wildman–Crippen MR) is 62.7 cm³/mol. The maximum Gasteiger partial charge on any atom is 0.314 e. The summed E-state index contributed by atoms with van der Waals surface area (Å²) >= 11 is 5.81. The molecule has 0 radical (unpaired) electrons. The van der Waals surface area contributed by atoms with Gasteiger partial charge in [0, 0.05) is 6.20 Å². The molecule has 4 rings (SSSR count). The molecule has 1 aromatic heterocycles. The normalized spacial score (nSPS) is 33.8. The Labute approximate surface area is 105 Å². The van der Waals surface area contributed by atoms with Gasteiger partial charge in [-0.25, -0.2) is 0 Å². The number of carbonyl (C=O) groups is 1. The first-order chi connectivity index (χ1) is 8.17. The second-order valence-corrected chi connectivity index (χ2v) is 5.41. The number of aromatic nitrogens is 2. The van der Waals surface area contributed by atoms with Crippen molar-refractivity contribution in [1.29, 1.82) is 0 Å². The number of carbonyl (C=O) groups excluding carboxylic acids is 1. The van der Waals surface area contributed by atoms with Crippen molar-refractivity contribution in [2.24, 2.45) is 11.3 Å². The van der Waals surface area contributed by atoms with Crippen LogP contribution < -0.4 is 0 Å². The van der Waals surface area contributed by atoms with E-state index in [-0.39, 0.29) is 17.4 Å². The fraction of sp³-hybridized carbons (Fsp3) is 0.667. The summed E-state index contributed by atoms with van der Waals surface area (Å²) in [6.07, 6.45) is 4.60. The first-order valence-corrected chi connectivity index (χ1v) is 6.43. The summed E-state index contributed by atoms with van der Waals surface area (Å²) in [5.74, 6) is 0.513. The maximum atomic E-state index is 12.0. The fourth-order valence-electron chi connectivity index (χ4n) is 3.04.